The van der Waals surface area contributed by atoms with Crippen molar-refractivity contribution in [2.45, 2.75) is 66.1 Å². The van der Waals surface area contributed by atoms with Crippen LogP contribution < -0.4 is 0 Å². The summed E-state index contributed by atoms with van der Waals surface area (Å²) in [4.78, 5) is 22.0. The number of allylic oxidation sites excluding steroid dienone is 1. The van der Waals surface area contributed by atoms with Crippen LogP contribution in [0.2, 0.25) is 0 Å². The summed E-state index contributed by atoms with van der Waals surface area (Å²) in [7, 11) is 0. The second kappa shape index (κ2) is 7.85. The maximum Gasteiger partial charge on any atom is 0.302 e. The lowest BCUT2D eigenvalue weighted by atomic mass is 9.60. The van der Waals surface area contributed by atoms with E-state index in [0.717, 1.165) is 5.57 Å². The van der Waals surface area contributed by atoms with Gasteiger partial charge in [0.25, 0.3) is 0 Å². The van der Waals surface area contributed by atoms with Crippen molar-refractivity contribution in [2.24, 2.45) is 11.3 Å². The minimum absolute atomic E-state index is 0.139. The zero-order valence-electron chi connectivity index (χ0n) is 15.4. The fourth-order valence-electron chi connectivity index (χ4n) is 3.19. The predicted octanol–water partition coefficient (Wildman–Crippen LogP) is 2.62. The molecule has 0 amide bonds. The summed E-state index contributed by atoms with van der Waals surface area (Å²) in [5.74, 6) is 5.19. The molecule has 3 atom stereocenters. The first-order valence-electron chi connectivity index (χ1n) is 8.21. The second-order valence-electron chi connectivity index (χ2n) is 7.16. The molecule has 1 aliphatic rings. The number of ether oxygens (including phenoxy) is 2. The van der Waals surface area contributed by atoms with E-state index in [2.05, 4.69) is 11.8 Å². The van der Waals surface area contributed by atoms with Crippen molar-refractivity contribution in [1.82, 2.24) is 0 Å². The summed E-state index contributed by atoms with van der Waals surface area (Å²) in [5, 5.41) is 11.2. The van der Waals surface area contributed by atoms with Gasteiger partial charge >= 0.3 is 11.9 Å². The molecule has 0 aromatic rings. The molecule has 0 aromatic carbocycles. The highest BCUT2D eigenvalue weighted by Gasteiger charge is 2.52. The van der Waals surface area contributed by atoms with Gasteiger partial charge in [-0.15, -0.1) is 0 Å². The Labute approximate surface area is 144 Å². The number of carbonyl (C=O) groups excluding carboxylic acids is 2. The third-order valence-electron chi connectivity index (χ3n) is 4.56. The van der Waals surface area contributed by atoms with Crippen LogP contribution >= 0.6 is 0 Å². The van der Waals surface area contributed by atoms with Gasteiger partial charge in [-0.2, -0.15) is 0 Å². The highest BCUT2D eigenvalue weighted by molar-refractivity contribution is 5.66. The van der Waals surface area contributed by atoms with Gasteiger partial charge in [-0.3, -0.25) is 9.59 Å². The molecular formula is C19H28O5. The lowest BCUT2D eigenvalue weighted by Gasteiger charge is -2.49. The molecule has 0 aromatic heterocycles. The molecule has 1 saturated carbocycles. The van der Waals surface area contributed by atoms with Crippen LogP contribution in [0.4, 0.5) is 0 Å². The minimum Gasteiger partial charge on any atom is -0.463 e. The number of aliphatic hydroxyl groups is 1. The number of esters is 2. The lowest BCUT2D eigenvalue weighted by molar-refractivity contribution is -0.164. The third-order valence-corrected chi connectivity index (χ3v) is 4.56. The Morgan fingerprint density at radius 1 is 1.25 bits per heavy atom. The Morgan fingerprint density at radius 2 is 1.88 bits per heavy atom. The molecule has 5 heteroatoms. The van der Waals surface area contributed by atoms with Crippen molar-refractivity contribution in [3.05, 3.63) is 11.6 Å². The summed E-state index contributed by atoms with van der Waals surface area (Å²) >= 11 is 0. The fourth-order valence-corrected chi connectivity index (χ4v) is 3.19. The van der Waals surface area contributed by atoms with Crippen molar-refractivity contribution < 1.29 is 24.2 Å². The first-order chi connectivity index (χ1) is 11.0. The molecule has 1 rings (SSSR count). The van der Waals surface area contributed by atoms with Crippen molar-refractivity contribution in [2.75, 3.05) is 6.61 Å². The zero-order chi connectivity index (χ0) is 18.5. The molecule has 0 spiro atoms. The van der Waals surface area contributed by atoms with E-state index in [0.29, 0.717) is 12.8 Å². The van der Waals surface area contributed by atoms with E-state index in [-0.39, 0.29) is 30.6 Å². The lowest BCUT2D eigenvalue weighted by Crippen LogP contribution is -2.55. The Balaban J connectivity index is 2.91. The van der Waals surface area contributed by atoms with E-state index in [1.807, 2.05) is 27.7 Å². The highest BCUT2D eigenvalue weighted by Crippen LogP contribution is 2.47. The molecule has 1 fully saturated rings. The molecule has 134 valence electrons. The summed E-state index contributed by atoms with van der Waals surface area (Å²) in [6.07, 6.45) is 2.64. The van der Waals surface area contributed by atoms with Crippen molar-refractivity contribution in [3.8, 4) is 11.8 Å². The summed E-state index contributed by atoms with van der Waals surface area (Å²) in [5.41, 5.74) is -0.969. The molecule has 3 unspecified atom stereocenters. The van der Waals surface area contributed by atoms with Gasteiger partial charge in [0.1, 0.15) is 18.3 Å². The van der Waals surface area contributed by atoms with E-state index in [1.54, 1.807) is 6.08 Å². The van der Waals surface area contributed by atoms with Gasteiger partial charge in [-0.25, -0.2) is 0 Å². The molecule has 0 bridgehead atoms. The van der Waals surface area contributed by atoms with Gasteiger partial charge in [0, 0.05) is 25.2 Å². The van der Waals surface area contributed by atoms with Crippen LogP contribution in [0.15, 0.2) is 11.6 Å². The molecule has 0 saturated heterocycles. The Morgan fingerprint density at radius 3 is 2.38 bits per heavy atom. The average Bonchev–Trinajstić information content (AvgIpc) is 2.41. The molecule has 5 nitrogen and oxygen atoms in total. The topological polar surface area (TPSA) is 72.8 Å². The largest absolute Gasteiger partial charge is 0.463 e. The van der Waals surface area contributed by atoms with E-state index in [9.17, 15) is 14.7 Å². The minimum atomic E-state index is -1.18. The zero-order valence-corrected chi connectivity index (χ0v) is 15.4. The quantitative estimate of drug-likeness (QED) is 0.633. The summed E-state index contributed by atoms with van der Waals surface area (Å²) < 4.78 is 10.2. The van der Waals surface area contributed by atoms with E-state index in [4.69, 9.17) is 9.47 Å². The van der Waals surface area contributed by atoms with Crippen LogP contribution in [0.3, 0.4) is 0 Å². The normalized spacial score (nSPS) is 29.2. The Hall–Kier alpha value is -1.80. The third kappa shape index (κ3) is 5.10. The monoisotopic (exact) mass is 336 g/mol. The van der Waals surface area contributed by atoms with E-state index in [1.165, 1.54) is 13.8 Å². The van der Waals surface area contributed by atoms with Crippen molar-refractivity contribution >= 4 is 11.9 Å². The number of hydrogen-bond acceptors (Lipinski definition) is 5. The van der Waals surface area contributed by atoms with Crippen LogP contribution in [-0.2, 0) is 19.1 Å². The number of rotatable bonds is 3. The van der Waals surface area contributed by atoms with Gasteiger partial charge in [0.15, 0.2) is 0 Å². The first-order valence-corrected chi connectivity index (χ1v) is 8.21. The molecule has 0 aliphatic heterocycles. The number of carbonyl (C=O) groups is 2. The Bertz CT molecular complexity index is 578. The molecule has 0 radical (unpaired) electrons. The van der Waals surface area contributed by atoms with Crippen LogP contribution in [-0.4, -0.2) is 35.4 Å². The highest BCUT2D eigenvalue weighted by atomic mass is 16.5. The molecule has 1 N–H and O–H groups in total. The van der Waals surface area contributed by atoms with Crippen LogP contribution in [0.5, 0.6) is 0 Å². The maximum atomic E-state index is 11.2. The van der Waals surface area contributed by atoms with Gasteiger partial charge in [-0.1, -0.05) is 32.6 Å². The van der Waals surface area contributed by atoms with Gasteiger partial charge < -0.3 is 14.6 Å². The average molecular weight is 336 g/mol. The maximum absolute atomic E-state index is 11.2. The molecule has 0 heterocycles. The molecular weight excluding hydrogens is 308 g/mol. The number of hydrogen-bond donors (Lipinski definition) is 1. The van der Waals surface area contributed by atoms with Gasteiger partial charge in [0.2, 0.25) is 0 Å². The standard InChI is InChI=1S/C19H28O5/c1-13(8-10-23-15(3)20)7-9-19(22)14(2)11-17(24-16(4)21)12-18(19,5)6/h8,14,17,22H,10-12H2,1-6H3/b13-8+. The summed E-state index contributed by atoms with van der Waals surface area (Å²) in [6.45, 7) is 10.5. The fraction of sp³-hybridized carbons (Fsp3) is 0.684. The van der Waals surface area contributed by atoms with Gasteiger partial charge in [-0.05, 0) is 31.4 Å². The predicted molar refractivity (Wildman–Crippen MR) is 90.8 cm³/mol. The molecule has 24 heavy (non-hydrogen) atoms. The SMILES string of the molecule is CC(=O)OC/C=C(\C)C#CC1(O)C(C)CC(OC(C)=O)CC1(C)C. The second-order valence-corrected chi connectivity index (χ2v) is 7.16. The van der Waals surface area contributed by atoms with Crippen molar-refractivity contribution in [1.29, 1.82) is 0 Å². The van der Waals surface area contributed by atoms with Crippen LogP contribution in [0, 0.1) is 23.2 Å². The van der Waals surface area contributed by atoms with Crippen LogP contribution in [0.1, 0.15) is 54.4 Å². The van der Waals surface area contributed by atoms with E-state index < -0.39 is 11.0 Å². The first kappa shape index (κ1) is 20.2. The van der Waals surface area contributed by atoms with E-state index >= 15 is 0 Å². The van der Waals surface area contributed by atoms with Gasteiger partial charge in [0.05, 0.1) is 0 Å². The van der Waals surface area contributed by atoms with Crippen molar-refractivity contribution in [3.63, 3.8) is 0 Å². The molecule has 1 aliphatic carbocycles. The van der Waals surface area contributed by atoms with Crippen LogP contribution in [0.25, 0.3) is 0 Å². The Kier molecular flexibility index (Phi) is 6.62. The smallest absolute Gasteiger partial charge is 0.302 e. The summed E-state index contributed by atoms with van der Waals surface area (Å²) in [6, 6.07) is 0.